The van der Waals surface area contributed by atoms with Crippen molar-refractivity contribution in [3.05, 3.63) is 0 Å². The standard InChI is InChI=1S/C9H17NO3S/c1-9(2,8-11)14(12,13)10-6-4-3-5-7-10/h8H,3-7H2,1-2H3. The summed E-state index contributed by atoms with van der Waals surface area (Å²) in [5.74, 6) is 0. The van der Waals surface area contributed by atoms with Gasteiger partial charge in [0.25, 0.3) is 0 Å². The van der Waals surface area contributed by atoms with Crippen molar-refractivity contribution >= 4 is 16.3 Å². The van der Waals surface area contributed by atoms with Crippen LogP contribution in [0.15, 0.2) is 0 Å². The maximum absolute atomic E-state index is 11.9. The largest absolute Gasteiger partial charge is 0.302 e. The Hall–Kier alpha value is -0.420. The fourth-order valence-electron chi connectivity index (χ4n) is 1.50. The Balaban J connectivity index is 2.88. The molecule has 0 aromatic heterocycles. The van der Waals surface area contributed by atoms with Gasteiger partial charge in [-0.1, -0.05) is 6.42 Å². The van der Waals surface area contributed by atoms with Crippen molar-refractivity contribution in [3.8, 4) is 0 Å². The van der Waals surface area contributed by atoms with Gasteiger partial charge in [-0.25, -0.2) is 12.7 Å². The lowest BCUT2D eigenvalue weighted by Gasteiger charge is -2.31. The molecule has 1 rings (SSSR count). The molecule has 1 fully saturated rings. The molecule has 0 saturated carbocycles. The van der Waals surface area contributed by atoms with Crippen LogP contribution in [0.4, 0.5) is 0 Å². The van der Waals surface area contributed by atoms with Crippen LogP contribution in [0, 0.1) is 0 Å². The normalized spacial score (nSPS) is 20.7. The number of rotatable bonds is 3. The summed E-state index contributed by atoms with van der Waals surface area (Å²) in [4.78, 5) is 10.7. The number of piperidine rings is 1. The number of aldehydes is 1. The lowest BCUT2D eigenvalue weighted by molar-refractivity contribution is -0.109. The van der Waals surface area contributed by atoms with Crippen molar-refractivity contribution in [1.29, 1.82) is 0 Å². The molecule has 4 nitrogen and oxygen atoms in total. The maximum atomic E-state index is 11.9. The molecule has 0 amide bonds. The summed E-state index contributed by atoms with van der Waals surface area (Å²) in [5.41, 5.74) is 0. The van der Waals surface area contributed by atoms with Crippen LogP contribution in [-0.2, 0) is 14.8 Å². The average molecular weight is 219 g/mol. The summed E-state index contributed by atoms with van der Waals surface area (Å²) in [7, 11) is -3.45. The van der Waals surface area contributed by atoms with Gasteiger partial charge in [0, 0.05) is 13.1 Å². The van der Waals surface area contributed by atoms with E-state index in [9.17, 15) is 13.2 Å². The lowest BCUT2D eigenvalue weighted by atomic mass is 10.2. The summed E-state index contributed by atoms with van der Waals surface area (Å²) in [6.45, 7) is 4.01. The van der Waals surface area contributed by atoms with Gasteiger partial charge in [0.15, 0.2) is 0 Å². The van der Waals surface area contributed by atoms with Gasteiger partial charge in [0.05, 0.1) is 0 Å². The predicted octanol–water partition coefficient (Wildman–Crippen LogP) is 0.780. The molecule has 1 aliphatic heterocycles. The zero-order valence-corrected chi connectivity index (χ0v) is 9.51. The second-order valence-electron chi connectivity index (χ2n) is 4.19. The maximum Gasteiger partial charge on any atom is 0.226 e. The first-order valence-electron chi connectivity index (χ1n) is 4.88. The first kappa shape index (κ1) is 11.7. The summed E-state index contributed by atoms with van der Waals surface area (Å²) in [6.07, 6.45) is 3.38. The Kier molecular flexibility index (Phi) is 3.32. The van der Waals surface area contributed by atoms with Gasteiger partial charge in [0.2, 0.25) is 10.0 Å². The summed E-state index contributed by atoms with van der Waals surface area (Å²) < 4.78 is 24.0. The van der Waals surface area contributed by atoms with Crippen LogP contribution in [0.2, 0.25) is 0 Å². The Morgan fingerprint density at radius 1 is 1.14 bits per heavy atom. The summed E-state index contributed by atoms with van der Waals surface area (Å²) in [5, 5.41) is 0. The van der Waals surface area contributed by atoms with Crippen molar-refractivity contribution < 1.29 is 13.2 Å². The highest BCUT2D eigenvalue weighted by Gasteiger charge is 2.39. The van der Waals surface area contributed by atoms with E-state index < -0.39 is 14.8 Å². The molecule has 0 unspecified atom stereocenters. The third-order valence-corrected chi connectivity index (χ3v) is 5.07. The first-order valence-corrected chi connectivity index (χ1v) is 6.32. The van der Waals surface area contributed by atoms with Crippen molar-refractivity contribution in [2.75, 3.05) is 13.1 Å². The zero-order chi connectivity index (χ0) is 10.8. The van der Waals surface area contributed by atoms with Crippen molar-refractivity contribution in [3.63, 3.8) is 0 Å². The molecule has 0 aliphatic carbocycles. The van der Waals surface area contributed by atoms with E-state index in [0.29, 0.717) is 19.4 Å². The smallest absolute Gasteiger partial charge is 0.226 e. The number of sulfonamides is 1. The number of carbonyl (C=O) groups is 1. The van der Waals surface area contributed by atoms with Crippen molar-refractivity contribution in [2.45, 2.75) is 37.9 Å². The van der Waals surface area contributed by atoms with Gasteiger partial charge in [-0.3, -0.25) is 0 Å². The third-order valence-electron chi connectivity index (χ3n) is 2.60. The highest BCUT2D eigenvalue weighted by molar-refractivity contribution is 7.91. The van der Waals surface area contributed by atoms with Gasteiger partial charge in [-0.2, -0.15) is 0 Å². The van der Waals surface area contributed by atoms with Gasteiger partial charge in [0.1, 0.15) is 11.0 Å². The van der Waals surface area contributed by atoms with E-state index in [-0.39, 0.29) is 0 Å². The van der Waals surface area contributed by atoms with Crippen LogP contribution >= 0.6 is 0 Å². The van der Waals surface area contributed by atoms with E-state index in [1.165, 1.54) is 18.2 Å². The highest BCUT2D eigenvalue weighted by atomic mass is 32.2. The fraction of sp³-hybridized carbons (Fsp3) is 0.889. The molecule has 82 valence electrons. The van der Waals surface area contributed by atoms with Crippen LogP contribution in [0.3, 0.4) is 0 Å². The Bertz CT molecular complexity index is 302. The molecule has 0 spiro atoms. The zero-order valence-electron chi connectivity index (χ0n) is 8.69. The Labute approximate surface area is 85.3 Å². The molecule has 0 aromatic carbocycles. The van der Waals surface area contributed by atoms with E-state index in [1.807, 2.05) is 0 Å². The average Bonchev–Trinajstić information content (AvgIpc) is 2.19. The van der Waals surface area contributed by atoms with Gasteiger partial charge >= 0.3 is 0 Å². The van der Waals surface area contributed by atoms with Crippen molar-refractivity contribution in [2.24, 2.45) is 0 Å². The second kappa shape index (κ2) is 3.98. The van der Waals surface area contributed by atoms with Crippen LogP contribution in [0.5, 0.6) is 0 Å². The molecule has 0 atom stereocenters. The topological polar surface area (TPSA) is 54.5 Å². The molecule has 5 heteroatoms. The number of hydrogen-bond donors (Lipinski definition) is 0. The van der Waals surface area contributed by atoms with Crippen LogP contribution in [0.25, 0.3) is 0 Å². The molecule has 0 aromatic rings. The molecule has 0 bridgehead atoms. The van der Waals surface area contributed by atoms with Crippen LogP contribution < -0.4 is 0 Å². The fourth-order valence-corrected chi connectivity index (χ4v) is 3.02. The molecule has 1 saturated heterocycles. The minimum atomic E-state index is -3.45. The highest BCUT2D eigenvalue weighted by Crippen LogP contribution is 2.22. The molecule has 0 N–H and O–H groups in total. The van der Waals surface area contributed by atoms with Crippen molar-refractivity contribution in [1.82, 2.24) is 4.31 Å². The number of nitrogens with zero attached hydrogens (tertiary/aromatic N) is 1. The Morgan fingerprint density at radius 2 is 1.64 bits per heavy atom. The van der Waals surface area contributed by atoms with E-state index in [1.54, 1.807) is 0 Å². The molecule has 14 heavy (non-hydrogen) atoms. The number of carbonyl (C=O) groups excluding carboxylic acids is 1. The van der Waals surface area contributed by atoms with Gasteiger partial charge < -0.3 is 4.79 Å². The first-order chi connectivity index (χ1) is 6.42. The summed E-state index contributed by atoms with van der Waals surface area (Å²) >= 11 is 0. The van der Waals surface area contributed by atoms with Gasteiger partial charge in [-0.15, -0.1) is 0 Å². The van der Waals surface area contributed by atoms with Crippen LogP contribution in [-0.4, -0.2) is 36.8 Å². The molecular weight excluding hydrogens is 202 g/mol. The van der Waals surface area contributed by atoms with Gasteiger partial charge in [-0.05, 0) is 26.7 Å². The Morgan fingerprint density at radius 3 is 2.07 bits per heavy atom. The lowest BCUT2D eigenvalue weighted by Crippen LogP contribution is -2.47. The third kappa shape index (κ3) is 1.98. The molecular formula is C9H17NO3S. The van der Waals surface area contributed by atoms with E-state index in [2.05, 4.69) is 0 Å². The number of hydrogen-bond acceptors (Lipinski definition) is 3. The van der Waals surface area contributed by atoms with E-state index >= 15 is 0 Å². The molecule has 0 radical (unpaired) electrons. The molecule has 1 heterocycles. The minimum Gasteiger partial charge on any atom is -0.302 e. The van der Waals surface area contributed by atoms with E-state index in [0.717, 1.165) is 19.3 Å². The minimum absolute atomic E-state index is 0.511. The predicted molar refractivity (Wildman–Crippen MR) is 54.5 cm³/mol. The molecule has 1 aliphatic rings. The second-order valence-corrected chi connectivity index (χ2v) is 6.70. The SMILES string of the molecule is CC(C)(C=O)S(=O)(=O)N1CCCCC1. The quantitative estimate of drug-likeness (QED) is 0.659. The van der Waals surface area contributed by atoms with E-state index in [4.69, 9.17) is 0 Å². The summed E-state index contributed by atoms with van der Waals surface area (Å²) in [6, 6.07) is 0. The van der Waals surface area contributed by atoms with Crippen LogP contribution in [0.1, 0.15) is 33.1 Å². The monoisotopic (exact) mass is 219 g/mol.